The summed E-state index contributed by atoms with van der Waals surface area (Å²) in [6, 6.07) is 12.2. The molecule has 1 aromatic heterocycles. The van der Waals surface area contributed by atoms with Gasteiger partial charge in [-0.3, -0.25) is 19.3 Å². The monoisotopic (exact) mass is 534 g/mol. The van der Waals surface area contributed by atoms with Crippen LogP contribution in [0, 0.1) is 13.8 Å². The molecular weight excluding hydrogens is 500 g/mol. The summed E-state index contributed by atoms with van der Waals surface area (Å²) in [5.41, 5.74) is 15.5. The molecule has 0 spiro atoms. The number of anilines is 3. The molecule has 9 nitrogen and oxygen atoms in total. The van der Waals surface area contributed by atoms with Gasteiger partial charge in [-0.25, -0.2) is 0 Å². The summed E-state index contributed by atoms with van der Waals surface area (Å²) in [6.45, 7) is 3.93. The average Bonchev–Trinajstić information content (AvgIpc) is 3.53. The number of carbonyl (C=O) groups is 3. The molecule has 200 valence electrons. The van der Waals surface area contributed by atoms with Crippen molar-refractivity contribution >= 4 is 46.3 Å². The molecule has 1 saturated carbocycles. The molecule has 1 aliphatic carbocycles. The summed E-state index contributed by atoms with van der Waals surface area (Å²) in [5.74, 6) is -1.62. The van der Waals surface area contributed by atoms with E-state index in [2.05, 4.69) is 9.69 Å². The molecule has 1 atom stereocenters. The summed E-state index contributed by atoms with van der Waals surface area (Å²) in [5, 5.41) is 3.17. The zero-order chi connectivity index (χ0) is 27.6. The maximum Gasteiger partial charge on any atom is 0.273 e. The lowest BCUT2D eigenvalue weighted by atomic mass is 10.00. The van der Waals surface area contributed by atoms with Crippen LogP contribution in [0.5, 0.6) is 0 Å². The van der Waals surface area contributed by atoms with Crippen molar-refractivity contribution in [3.05, 3.63) is 69.7 Å². The Bertz CT molecular complexity index is 1350. The second kappa shape index (κ2) is 11.2. The van der Waals surface area contributed by atoms with Crippen LogP contribution in [0.1, 0.15) is 68.6 Å². The smallest absolute Gasteiger partial charge is 0.273 e. The van der Waals surface area contributed by atoms with Gasteiger partial charge in [0, 0.05) is 31.5 Å². The first-order chi connectivity index (χ1) is 18.1. The zero-order valence-electron chi connectivity index (χ0n) is 22.2. The predicted octanol–water partition coefficient (Wildman–Crippen LogP) is 3.95. The van der Waals surface area contributed by atoms with Gasteiger partial charge in [0.2, 0.25) is 5.91 Å². The highest BCUT2D eigenvalue weighted by atomic mass is 32.1. The topological polar surface area (TPSA) is 135 Å². The molecule has 1 heterocycles. The van der Waals surface area contributed by atoms with E-state index in [0.717, 1.165) is 54.0 Å². The number of nitrogen functional groups attached to an aromatic ring is 1. The van der Waals surface area contributed by atoms with Gasteiger partial charge in [-0.15, -0.1) is 0 Å². The summed E-state index contributed by atoms with van der Waals surface area (Å²) in [7, 11) is 3.88. The summed E-state index contributed by atoms with van der Waals surface area (Å²) < 4.78 is 4.02. The molecule has 10 heteroatoms. The number of primary amides is 1. The molecular formula is C28H34N6O3S. The van der Waals surface area contributed by atoms with Crippen LogP contribution in [-0.2, 0) is 4.79 Å². The third-order valence-corrected chi connectivity index (χ3v) is 7.93. The highest BCUT2D eigenvalue weighted by molar-refractivity contribution is 7.09. The third kappa shape index (κ3) is 5.50. The minimum absolute atomic E-state index is 0.0534. The number of aryl methyl sites for hydroxylation is 2. The molecule has 5 N–H and O–H groups in total. The lowest BCUT2D eigenvalue weighted by molar-refractivity contribution is -0.123. The van der Waals surface area contributed by atoms with Crippen molar-refractivity contribution in [2.45, 2.75) is 51.6 Å². The molecule has 2 aromatic carbocycles. The molecule has 0 aliphatic heterocycles. The fraction of sp³-hybridized carbons (Fsp3) is 0.357. The predicted molar refractivity (Wildman–Crippen MR) is 152 cm³/mol. The highest BCUT2D eigenvalue weighted by Gasteiger charge is 2.37. The number of benzene rings is 2. The second-order valence-corrected chi connectivity index (χ2v) is 10.7. The summed E-state index contributed by atoms with van der Waals surface area (Å²) in [6.07, 6.45) is 3.92. The zero-order valence-corrected chi connectivity index (χ0v) is 23.0. The molecule has 3 aromatic rings. The molecule has 0 radical (unpaired) electrons. The van der Waals surface area contributed by atoms with Crippen molar-refractivity contribution in [1.82, 2.24) is 9.69 Å². The number of carbonyl (C=O) groups excluding carboxylic acids is 3. The van der Waals surface area contributed by atoms with E-state index in [1.165, 1.54) is 4.90 Å². The molecule has 1 fully saturated rings. The molecule has 4 rings (SSSR count). The van der Waals surface area contributed by atoms with E-state index in [4.69, 9.17) is 11.5 Å². The number of amides is 3. The Morgan fingerprint density at radius 1 is 1.00 bits per heavy atom. The van der Waals surface area contributed by atoms with Gasteiger partial charge >= 0.3 is 0 Å². The van der Waals surface area contributed by atoms with Crippen LogP contribution in [0.15, 0.2) is 42.5 Å². The van der Waals surface area contributed by atoms with Crippen molar-refractivity contribution in [2.75, 3.05) is 29.6 Å². The van der Waals surface area contributed by atoms with Gasteiger partial charge in [0.15, 0.2) is 5.69 Å². The van der Waals surface area contributed by atoms with Gasteiger partial charge in [0.25, 0.3) is 11.8 Å². The number of nitrogens with one attached hydrogen (secondary N) is 1. The first-order valence-corrected chi connectivity index (χ1v) is 13.4. The van der Waals surface area contributed by atoms with Crippen LogP contribution in [0.4, 0.5) is 17.1 Å². The Hall–Kier alpha value is -3.92. The normalized spacial score (nSPS) is 14.2. The molecule has 0 saturated heterocycles. The maximum atomic E-state index is 14.2. The number of rotatable bonds is 8. The van der Waals surface area contributed by atoms with E-state index >= 15 is 0 Å². The van der Waals surface area contributed by atoms with Crippen LogP contribution in [0.3, 0.4) is 0 Å². The van der Waals surface area contributed by atoms with Gasteiger partial charge in [-0.2, -0.15) is 4.37 Å². The van der Waals surface area contributed by atoms with E-state index < -0.39 is 17.9 Å². The number of nitrogens with two attached hydrogens (primary N) is 2. The molecule has 38 heavy (non-hydrogen) atoms. The van der Waals surface area contributed by atoms with E-state index in [1.807, 2.05) is 75.3 Å². The van der Waals surface area contributed by atoms with Crippen LogP contribution in [0.2, 0.25) is 0 Å². The summed E-state index contributed by atoms with van der Waals surface area (Å²) >= 11 is 0.801. The van der Waals surface area contributed by atoms with E-state index in [1.54, 1.807) is 0 Å². The van der Waals surface area contributed by atoms with Crippen LogP contribution in [0.25, 0.3) is 0 Å². The van der Waals surface area contributed by atoms with E-state index in [-0.39, 0.29) is 28.2 Å². The molecule has 0 bridgehead atoms. The van der Waals surface area contributed by atoms with Crippen molar-refractivity contribution in [3.8, 4) is 0 Å². The largest absolute Gasteiger partial charge is 0.395 e. The van der Waals surface area contributed by atoms with Crippen molar-refractivity contribution < 1.29 is 14.4 Å². The van der Waals surface area contributed by atoms with Gasteiger partial charge in [-0.1, -0.05) is 31.0 Å². The quantitative estimate of drug-likeness (QED) is 0.401. The number of hydrogen-bond donors (Lipinski definition) is 3. The minimum Gasteiger partial charge on any atom is -0.395 e. The van der Waals surface area contributed by atoms with Gasteiger partial charge in [0.05, 0.1) is 5.69 Å². The Balaban J connectivity index is 1.87. The fourth-order valence-corrected chi connectivity index (χ4v) is 5.46. The average molecular weight is 535 g/mol. The van der Waals surface area contributed by atoms with Gasteiger partial charge in [-0.05, 0) is 79.2 Å². The maximum absolute atomic E-state index is 14.2. The Kier molecular flexibility index (Phi) is 8.01. The number of hydrogen-bond acceptors (Lipinski definition) is 7. The van der Waals surface area contributed by atoms with E-state index in [9.17, 15) is 14.4 Å². The number of nitrogens with zero attached hydrogens (tertiary/aromatic N) is 3. The Labute approximate surface area is 227 Å². The first kappa shape index (κ1) is 27.1. The minimum atomic E-state index is -0.986. The lowest BCUT2D eigenvalue weighted by Gasteiger charge is -2.32. The molecule has 1 unspecified atom stereocenters. The van der Waals surface area contributed by atoms with Crippen LogP contribution in [-0.4, -0.2) is 42.2 Å². The standard InChI is InChI=1S/C28H34N6O3S/c1-16-9-12-21(15-17(16)2)34(28(37)25-22(29)23(26(30)35)32-38-25)24(27(36)31-19-7-5-6-8-19)18-10-13-20(14-11-18)33(3)4/h9-15,19,24H,5-8,29H2,1-4H3,(H2,30,35)(H,31,36). The summed E-state index contributed by atoms with van der Waals surface area (Å²) in [4.78, 5) is 43.5. The van der Waals surface area contributed by atoms with Crippen molar-refractivity contribution in [1.29, 1.82) is 0 Å². The second-order valence-electron chi connectivity index (χ2n) is 9.96. The molecule has 1 aliphatic rings. The van der Waals surface area contributed by atoms with Crippen LogP contribution >= 0.6 is 11.5 Å². The SMILES string of the molecule is Cc1ccc(N(C(=O)c2snc(C(N)=O)c2N)C(C(=O)NC2CCCC2)c2ccc(N(C)C)cc2)cc1C. The lowest BCUT2D eigenvalue weighted by Crippen LogP contribution is -2.46. The van der Waals surface area contributed by atoms with Gasteiger partial charge in [0.1, 0.15) is 10.9 Å². The van der Waals surface area contributed by atoms with Crippen molar-refractivity contribution in [2.24, 2.45) is 5.73 Å². The van der Waals surface area contributed by atoms with Crippen molar-refractivity contribution in [3.63, 3.8) is 0 Å². The first-order valence-electron chi connectivity index (χ1n) is 12.6. The van der Waals surface area contributed by atoms with E-state index in [0.29, 0.717) is 11.3 Å². The molecule has 3 amide bonds. The van der Waals surface area contributed by atoms with Gasteiger partial charge < -0.3 is 21.7 Å². The third-order valence-electron chi connectivity index (χ3n) is 7.08. The van der Waals surface area contributed by atoms with Crippen LogP contribution < -0.4 is 26.6 Å². The Morgan fingerprint density at radius 3 is 2.18 bits per heavy atom. The fourth-order valence-electron chi connectivity index (χ4n) is 4.72. The highest BCUT2D eigenvalue weighted by Crippen LogP contribution is 2.35. The number of aromatic nitrogens is 1. The Morgan fingerprint density at radius 2 is 1.63 bits per heavy atom.